The Kier molecular flexibility index (Phi) is 3.48. The molecule has 0 radical (unpaired) electrons. The zero-order valence-corrected chi connectivity index (χ0v) is 12.4. The van der Waals surface area contributed by atoms with Gasteiger partial charge in [0.15, 0.2) is 5.82 Å². The normalized spacial score (nSPS) is 11.4. The minimum Gasteiger partial charge on any atom is -0.381 e. The van der Waals surface area contributed by atoms with Crippen LogP contribution in [0.4, 0.5) is 11.5 Å². The fourth-order valence-electron chi connectivity index (χ4n) is 1.43. The van der Waals surface area contributed by atoms with Gasteiger partial charge in [0.1, 0.15) is 4.90 Å². The smallest absolute Gasteiger partial charge is 0.267 e. The number of aromatic nitrogens is 2. The van der Waals surface area contributed by atoms with Gasteiger partial charge >= 0.3 is 0 Å². The molecule has 0 spiro atoms. The van der Waals surface area contributed by atoms with Crippen molar-refractivity contribution in [2.45, 2.75) is 4.90 Å². The fourth-order valence-corrected chi connectivity index (χ4v) is 3.32. The van der Waals surface area contributed by atoms with Gasteiger partial charge in [-0.25, -0.2) is 8.42 Å². The van der Waals surface area contributed by atoms with Crippen molar-refractivity contribution in [2.75, 3.05) is 10.5 Å². The fraction of sp³-hybridized carbons (Fsp3) is 0.100. The molecule has 0 bridgehead atoms. The summed E-state index contributed by atoms with van der Waals surface area (Å²) in [6.45, 7) is 0. The van der Waals surface area contributed by atoms with Crippen LogP contribution in [-0.2, 0) is 17.1 Å². The molecule has 8 heteroatoms. The highest BCUT2D eigenvalue weighted by Crippen LogP contribution is 2.23. The topological polar surface area (TPSA) is 90.0 Å². The molecule has 3 N–H and O–H groups in total. The molecule has 96 valence electrons. The quantitative estimate of drug-likeness (QED) is 0.791. The highest BCUT2D eigenvalue weighted by molar-refractivity contribution is 14.1. The largest absolute Gasteiger partial charge is 0.381 e. The van der Waals surface area contributed by atoms with E-state index in [1.165, 1.54) is 10.9 Å². The van der Waals surface area contributed by atoms with Crippen LogP contribution in [-0.4, -0.2) is 18.2 Å². The average Bonchev–Trinajstić information content (AvgIpc) is 2.62. The van der Waals surface area contributed by atoms with Crippen LogP contribution in [0.3, 0.4) is 0 Å². The number of nitrogen functional groups attached to an aromatic ring is 1. The standard InChI is InChI=1S/C10H11IN4O2S/c1-15-6-9(10(12)13-15)18(16,17)14-8-5-3-2-4-7(8)11/h2-6,14H,1H3,(H2,12,13). The van der Waals surface area contributed by atoms with Crippen LogP contribution in [0, 0.1) is 3.57 Å². The average molecular weight is 378 g/mol. The summed E-state index contributed by atoms with van der Waals surface area (Å²) in [5.41, 5.74) is 6.08. The second kappa shape index (κ2) is 4.76. The Hall–Kier alpha value is -1.29. The summed E-state index contributed by atoms with van der Waals surface area (Å²) < 4.78 is 28.9. The van der Waals surface area contributed by atoms with Crippen molar-refractivity contribution in [1.82, 2.24) is 9.78 Å². The second-order valence-corrected chi connectivity index (χ2v) is 6.45. The third-order valence-electron chi connectivity index (χ3n) is 2.23. The molecule has 18 heavy (non-hydrogen) atoms. The first-order valence-electron chi connectivity index (χ1n) is 4.96. The second-order valence-electron chi connectivity index (χ2n) is 3.64. The van der Waals surface area contributed by atoms with E-state index in [1.54, 1.807) is 19.2 Å². The Bertz CT molecular complexity index is 681. The van der Waals surface area contributed by atoms with E-state index < -0.39 is 10.0 Å². The number of nitrogens with zero attached hydrogens (tertiary/aromatic N) is 2. The van der Waals surface area contributed by atoms with E-state index in [9.17, 15) is 8.42 Å². The molecule has 0 amide bonds. The monoisotopic (exact) mass is 378 g/mol. The van der Waals surface area contributed by atoms with Gasteiger partial charge in [-0.15, -0.1) is 0 Å². The van der Waals surface area contributed by atoms with E-state index in [1.807, 2.05) is 12.1 Å². The Labute approximate surface area is 118 Å². The van der Waals surface area contributed by atoms with Crippen LogP contribution in [0.1, 0.15) is 0 Å². The van der Waals surface area contributed by atoms with Crippen LogP contribution < -0.4 is 10.5 Å². The van der Waals surface area contributed by atoms with Crippen molar-refractivity contribution >= 4 is 44.1 Å². The summed E-state index contributed by atoms with van der Waals surface area (Å²) in [6, 6.07) is 7.08. The third kappa shape index (κ3) is 2.58. The van der Waals surface area contributed by atoms with Crippen LogP contribution in [0.2, 0.25) is 0 Å². The number of nitrogens with two attached hydrogens (primary N) is 1. The Balaban J connectivity index is 2.40. The molecular formula is C10H11IN4O2S. The van der Waals surface area contributed by atoms with Gasteiger partial charge in [-0.1, -0.05) is 12.1 Å². The molecule has 0 saturated heterocycles. The zero-order valence-electron chi connectivity index (χ0n) is 9.46. The minimum atomic E-state index is -3.71. The number of aryl methyl sites for hydroxylation is 1. The maximum atomic E-state index is 12.1. The van der Waals surface area contributed by atoms with Crippen molar-refractivity contribution in [3.05, 3.63) is 34.0 Å². The van der Waals surface area contributed by atoms with E-state index in [2.05, 4.69) is 32.4 Å². The SMILES string of the molecule is Cn1cc(S(=O)(=O)Nc2ccccc2I)c(N)n1. The maximum absolute atomic E-state index is 12.1. The number of anilines is 2. The molecule has 0 aliphatic carbocycles. The van der Waals surface area contributed by atoms with E-state index in [0.717, 1.165) is 3.57 Å². The summed E-state index contributed by atoms with van der Waals surface area (Å²) in [5, 5.41) is 3.81. The molecule has 0 unspecified atom stereocenters. The van der Waals surface area contributed by atoms with Crippen molar-refractivity contribution in [3.8, 4) is 0 Å². The number of benzene rings is 1. The zero-order chi connectivity index (χ0) is 13.3. The van der Waals surface area contributed by atoms with Gasteiger partial charge in [-0.3, -0.25) is 9.40 Å². The number of para-hydroxylation sites is 1. The van der Waals surface area contributed by atoms with Crippen molar-refractivity contribution in [1.29, 1.82) is 0 Å². The van der Waals surface area contributed by atoms with E-state index in [4.69, 9.17) is 5.73 Å². The van der Waals surface area contributed by atoms with Crippen molar-refractivity contribution in [3.63, 3.8) is 0 Å². The number of hydrogen-bond acceptors (Lipinski definition) is 4. The number of hydrogen-bond donors (Lipinski definition) is 2. The molecule has 0 atom stereocenters. The predicted molar refractivity (Wildman–Crippen MR) is 77.6 cm³/mol. The van der Waals surface area contributed by atoms with Crippen LogP contribution in [0.15, 0.2) is 35.4 Å². The van der Waals surface area contributed by atoms with Gasteiger partial charge in [0.05, 0.1) is 5.69 Å². The summed E-state index contributed by atoms with van der Waals surface area (Å²) in [4.78, 5) is -0.0235. The number of nitrogens with one attached hydrogen (secondary N) is 1. The van der Waals surface area contributed by atoms with Gasteiger partial charge in [0.25, 0.3) is 10.0 Å². The van der Waals surface area contributed by atoms with Crippen molar-refractivity contribution in [2.24, 2.45) is 7.05 Å². The van der Waals surface area contributed by atoms with Gasteiger partial charge in [0, 0.05) is 16.8 Å². The lowest BCUT2D eigenvalue weighted by Crippen LogP contribution is -2.14. The first kappa shape index (κ1) is 13.1. The first-order valence-corrected chi connectivity index (χ1v) is 7.53. The van der Waals surface area contributed by atoms with Crippen LogP contribution in [0.25, 0.3) is 0 Å². The molecule has 0 aliphatic rings. The minimum absolute atomic E-state index is 0.0176. The summed E-state index contributed by atoms with van der Waals surface area (Å²) >= 11 is 2.05. The molecule has 1 heterocycles. The number of sulfonamides is 1. The van der Waals surface area contributed by atoms with Crippen LogP contribution in [0.5, 0.6) is 0 Å². The van der Waals surface area contributed by atoms with Gasteiger partial charge < -0.3 is 5.73 Å². The Morgan fingerprint density at radius 2 is 2.06 bits per heavy atom. The van der Waals surface area contributed by atoms with E-state index >= 15 is 0 Å². The Morgan fingerprint density at radius 1 is 1.39 bits per heavy atom. The lowest BCUT2D eigenvalue weighted by molar-refractivity contribution is 0.601. The van der Waals surface area contributed by atoms with Gasteiger partial charge in [-0.05, 0) is 34.7 Å². The molecule has 2 rings (SSSR count). The van der Waals surface area contributed by atoms with Crippen LogP contribution >= 0.6 is 22.6 Å². The molecule has 6 nitrogen and oxygen atoms in total. The summed E-state index contributed by atoms with van der Waals surface area (Å²) in [7, 11) is -2.10. The predicted octanol–water partition coefficient (Wildman–Crippen LogP) is 1.41. The summed E-state index contributed by atoms with van der Waals surface area (Å²) in [5.74, 6) is -0.0176. The molecule has 2 aromatic rings. The third-order valence-corrected chi connectivity index (χ3v) is 4.55. The highest BCUT2D eigenvalue weighted by atomic mass is 127. The maximum Gasteiger partial charge on any atom is 0.267 e. The molecule has 0 aliphatic heterocycles. The number of rotatable bonds is 3. The molecule has 0 saturated carbocycles. The number of halogens is 1. The van der Waals surface area contributed by atoms with Crippen molar-refractivity contribution < 1.29 is 8.42 Å². The molecule has 1 aromatic carbocycles. The van der Waals surface area contributed by atoms with E-state index in [0.29, 0.717) is 5.69 Å². The lowest BCUT2D eigenvalue weighted by atomic mass is 10.3. The first-order chi connectivity index (χ1) is 8.40. The highest BCUT2D eigenvalue weighted by Gasteiger charge is 2.21. The Morgan fingerprint density at radius 3 is 2.61 bits per heavy atom. The lowest BCUT2D eigenvalue weighted by Gasteiger charge is -2.08. The summed E-state index contributed by atoms with van der Waals surface area (Å²) in [6.07, 6.45) is 1.37. The van der Waals surface area contributed by atoms with Gasteiger partial charge in [-0.2, -0.15) is 5.10 Å². The van der Waals surface area contributed by atoms with E-state index in [-0.39, 0.29) is 10.7 Å². The van der Waals surface area contributed by atoms with Gasteiger partial charge in [0.2, 0.25) is 0 Å². The molecule has 1 aromatic heterocycles. The molecule has 0 fully saturated rings. The molecular weight excluding hydrogens is 367 g/mol.